The summed E-state index contributed by atoms with van der Waals surface area (Å²) in [5, 5.41) is 12.1. The molecule has 8 heteroatoms. The van der Waals surface area contributed by atoms with Crippen LogP contribution in [0.3, 0.4) is 0 Å². The minimum atomic E-state index is -1.11. The quantitative estimate of drug-likeness (QED) is 0.595. The average Bonchev–Trinajstić information content (AvgIpc) is 2.71. The van der Waals surface area contributed by atoms with Crippen LogP contribution in [0.5, 0.6) is 0 Å². The number of nitrogens with zero attached hydrogens (tertiary/aromatic N) is 2. The number of nitrogens with two attached hydrogens (primary N) is 1. The first-order valence-corrected chi connectivity index (χ1v) is 9.45. The zero-order chi connectivity index (χ0) is 19.9. The smallest absolute Gasteiger partial charge is 0.321 e. The van der Waals surface area contributed by atoms with E-state index in [1.807, 2.05) is 6.92 Å². The van der Waals surface area contributed by atoms with Gasteiger partial charge < -0.3 is 16.2 Å². The monoisotopic (exact) mass is 376 g/mol. The van der Waals surface area contributed by atoms with Gasteiger partial charge in [0.1, 0.15) is 11.7 Å². The highest BCUT2D eigenvalue weighted by molar-refractivity contribution is 5.95. The van der Waals surface area contributed by atoms with E-state index in [2.05, 4.69) is 15.3 Å². The second-order valence-electron chi connectivity index (χ2n) is 7.23. The molecule has 1 aliphatic rings. The SMILES string of the molecule is CC[C@](CC(=O)CNC(=O)c1cnccn1)(C1CCCCC1)[C@H](N)C(=O)O. The van der Waals surface area contributed by atoms with Gasteiger partial charge in [-0.15, -0.1) is 0 Å². The Balaban J connectivity index is 2.08. The number of hydrogen-bond donors (Lipinski definition) is 3. The van der Waals surface area contributed by atoms with E-state index in [9.17, 15) is 19.5 Å². The predicted molar refractivity (Wildman–Crippen MR) is 98.9 cm³/mol. The number of carboxylic acid groups (broad SMARTS) is 1. The van der Waals surface area contributed by atoms with Gasteiger partial charge in [0.2, 0.25) is 0 Å². The zero-order valence-electron chi connectivity index (χ0n) is 15.7. The van der Waals surface area contributed by atoms with Gasteiger partial charge in [0.25, 0.3) is 5.91 Å². The Morgan fingerprint density at radius 1 is 1.30 bits per heavy atom. The maximum absolute atomic E-state index is 12.6. The maximum Gasteiger partial charge on any atom is 0.321 e. The van der Waals surface area contributed by atoms with Crippen LogP contribution in [-0.4, -0.2) is 45.3 Å². The molecule has 1 aromatic heterocycles. The lowest BCUT2D eigenvalue weighted by Crippen LogP contribution is -2.53. The number of carbonyl (C=O) groups excluding carboxylic acids is 2. The molecule has 1 saturated carbocycles. The van der Waals surface area contributed by atoms with Gasteiger partial charge in [0, 0.05) is 24.2 Å². The van der Waals surface area contributed by atoms with Crippen LogP contribution >= 0.6 is 0 Å². The Hall–Kier alpha value is -2.35. The summed E-state index contributed by atoms with van der Waals surface area (Å²) in [6.45, 7) is 1.71. The Morgan fingerprint density at radius 2 is 2.00 bits per heavy atom. The predicted octanol–water partition coefficient (Wildman–Crippen LogP) is 1.55. The lowest BCUT2D eigenvalue weighted by Gasteiger charge is -2.44. The molecule has 148 valence electrons. The fourth-order valence-electron chi connectivity index (χ4n) is 4.18. The summed E-state index contributed by atoms with van der Waals surface area (Å²) >= 11 is 0. The Kier molecular flexibility index (Phi) is 7.41. The zero-order valence-corrected chi connectivity index (χ0v) is 15.7. The molecule has 0 bridgehead atoms. The molecule has 4 N–H and O–H groups in total. The molecule has 0 radical (unpaired) electrons. The van der Waals surface area contributed by atoms with Gasteiger partial charge in [-0.3, -0.25) is 19.4 Å². The number of aromatic nitrogens is 2. The van der Waals surface area contributed by atoms with Gasteiger partial charge in [-0.1, -0.05) is 26.2 Å². The first-order chi connectivity index (χ1) is 12.9. The molecule has 1 amide bonds. The van der Waals surface area contributed by atoms with Crippen molar-refractivity contribution in [1.82, 2.24) is 15.3 Å². The lowest BCUT2D eigenvalue weighted by molar-refractivity contribution is -0.145. The molecule has 2 rings (SSSR count). The molecule has 0 spiro atoms. The van der Waals surface area contributed by atoms with Crippen LogP contribution in [-0.2, 0) is 9.59 Å². The van der Waals surface area contributed by atoms with Crippen molar-refractivity contribution in [2.45, 2.75) is 57.9 Å². The second kappa shape index (κ2) is 9.55. The topological polar surface area (TPSA) is 135 Å². The molecule has 27 heavy (non-hydrogen) atoms. The van der Waals surface area contributed by atoms with Crippen LogP contribution in [0.4, 0.5) is 0 Å². The van der Waals surface area contributed by atoms with Crippen molar-refractivity contribution in [2.24, 2.45) is 17.1 Å². The van der Waals surface area contributed by atoms with E-state index in [1.54, 1.807) is 0 Å². The van der Waals surface area contributed by atoms with Crippen molar-refractivity contribution in [3.05, 3.63) is 24.3 Å². The number of amides is 1. The van der Waals surface area contributed by atoms with Crippen molar-refractivity contribution in [3.63, 3.8) is 0 Å². The van der Waals surface area contributed by atoms with E-state index in [0.29, 0.717) is 6.42 Å². The molecule has 0 saturated heterocycles. The number of rotatable bonds is 9. The number of Topliss-reactive ketones (excluding diaryl/α,β-unsaturated/α-hetero) is 1. The normalized spacial score (nSPS) is 18.3. The molecule has 2 atom stereocenters. The van der Waals surface area contributed by atoms with E-state index < -0.39 is 23.3 Å². The van der Waals surface area contributed by atoms with Gasteiger partial charge in [-0.2, -0.15) is 0 Å². The number of carboxylic acids is 1. The highest BCUT2D eigenvalue weighted by atomic mass is 16.4. The van der Waals surface area contributed by atoms with Crippen molar-refractivity contribution in [2.75, 3.05) is 6.54 Å². The molecular formula is C19H28N4O4. The molecule has 0 aromatic carbocycles. The number of carbonyl (C=O) groups is 3. The molecule has 1 aliphatic carbocycles. The summed E-state index contributed by atoms with van der Waals surface area (Å²) in [5.41, 5.74) is 5.41. The summed E-state index contributed by atoms with van der Waals surface area (Å²) in [6, 6.07) is -1.11. The van der Waals surface area contributed by atoms with E-state index in [0.717, 1.165) is 32.1 Å². The van der Waals surface area contributed by atoms with Crippen LogP contribution in [0, 0.1) is 11.3 Å². The van der Waals surface area contributed by atoms with Crippen LogP contribution in [0.15, 0.2) is 18.6 Å². The lowest BCUT2D eigenvalue weighted by atomic mass is 9.61. The highest BCUT2D eigenvalue weighted by Crippen LogP contribution is 2.45. The minimum Gasteiger partial charge on any atom is -0.480 e. The standard InChI is InChI=1S/C19H28N4O4/c1-2-19(16(20)18(26)27,13-6-4-3-5-7-13)10-14(24)11-23-17(25)15-12-21-8-9-22-15/h8-9,12-13,16H,2-7,10-11,20H2,1H3,(H,23,25)(H,26,27)/t16-,19+/m1/s1. The van der Waals surface area contributed by atoms with Crippen LogP contribution in [0.2, 0.25) is 0 Å². The van der Waals surface area contributed by atoms with Crippen molar-refractivity contribution in [1.29, 1.82) is 0 Å². The number of ketones is 1. The molecule has 0 aliphatic heterocycles. The first kappa shape index (κ1) is 21.0. The summed E-state index contributed by atoms with van der Waals surface area (Å²) < 4.78 is 0. The Morgan fingerprint density at radius 3 is 2.56 bits per heavy atom. The number of aliphatic carboxylic acids is 1. The minimum absolute atomic E-state index is 0.0440. The average molecular weight is 376 g/mol. The van der Waals surface area contributed by atoms with Crippen LogP contribution < -0.4 is 11.1 Å². The summed E-state index contributed by atoms with van der Waals surface area (Å²) in [5.74, 6) is -1.70. The van der Waals surface area contributed by atoms with Crippen molar-refractivity contribution >= 4 is 17.7 Å². The third-order valence-corrected chi connectivity index (χ3v) is 5.73. The fraction of sp³-hybridized carbons (Fsp3) is 0.632. The van der Waals surface area contributed by atoms with E-state index >= 15 is 0 Å². The summed E-state index contributed by atoms with van der Waals surface area (Å²) in [6.07, 6.45) is 9.66. The molecule has 1 heterocycles. The Bertz CT molecular complexity index is 661. The van der Waals surface area contributed by atoms with Crippen molar-refractivity contribution in [3.8, 4) is 0 Å². The van der Waals surface area contributed by atoms with E-state index in [4.69, 9.17) is 5.73 Å². The third kappa shape index (κ3) is 5.09. The van der Waals surface area contributed by atoms with E-state index in [1.165, 1.54) is 18.6 Å². The molecular weight excluding hydrogens is 348 g/mol. The molecule has 8 nitrogen and oxygen atoms in total. The largest absolute Gasteiger partial charge is 0.480 e. The van der Waals surface area contributed by atoms with Gasteiger partial charge >= 0.3 is 5.97 Å². The molecule has 1 aromatic rings. The van der Waals surface area contributed by atoms with Crippen LogP contribution in [0.25, 0.3) is 0 Å². The summed E-state index contributed by atoms with van der Waals surface area (Å²) in [7, 11) is 0. The molecule has 1 fully saturated rings. The molecule has 0 unspecified atom stereocenters. The highest BCUT2D eigenvalue weighted by Gasteiger charge is 2.47. The van der Waals surface area contributed by atoms with Crippen molar-refractivity contribution < 1.29 is 19.5 Å². The second-order valence-corrected chi connectivity index (χ2v) is 7.23. The fourth-order valence-corrected chi connectivity index (χ4v) is 4.18. The van der Waals surface area contributed by atoms with Gasteiger partial charge in [-0.25, -0.2) is 4.98 Å². The Labute approximate surface area is 159 Å². The van der Waals surface area contributed by atoms with E-state index in [-0.39, 0.29) is 30.4 Å². The van der Waals surface area contributed by atoms with Crippen LogP contribution in [0.1, 0.15) is 62.4 Å². The van der Waals surface area contributed by atoms with Gasteiger partial charge in [0.15, 0.2) is 5.78 Å². The third-order valence-electron chi connectivity index (χ3n) is 5.73. The maximum atomic E-state index is 12.6. The first-order valence-electron chi connectivity index (χ1n) is 9.45. The number of nitrogens with one attached hydrogen (secondary N) is 1. The summed E-state index contributed by atoms with van der Waals surface area (Å²) in [4.78, 5) is 44.0. The van der Waals surface area contributed by atoms with Gasteiger partial charge in [-0.05, 0) is 25.2 Å². The number of hydrogen-bond acceptors (Lipinski definition) is 6. The van der Waals surface area contributed by atoms with Gasteiger partial charge in [0.05, 0.1) is 12.7 Å².